The van der Waals surface area contributed by atoms with Gasteiger partial charge in [0.25, 0.3) is 0 Å². The van der Waals surface area contributed by atoms with E-state index < -0.39 is 0 Å². The van der Waals surface area contributed by atoms with E-state index in [0.717, 1.165) is 35.7 Å². The van der Waals surface area contributed by atoms with Gasteiger partial charge in [0.2, 0.25) is 0 Å². The molecule has 0 radical (unpaired) electrons. The summed E-state index contributed by atoms with van der Waals surface area (Å²) in [6.07, 6.45) is 4.08. The highest BCUT2D eigenvalue weighted by Crippen LogP contribution is 2.38. The van der Waals surface area contributed by atoms with Gasteiger partial charge in [-0.2, -0.15) is 0 Å². The van der Waals surface area contributed by atoms with E-state index >= 15 is 0 Å². The van der Waals surface area contributed by atoms with Crippen LogP contribution in [0, 0.1) is 0 Å². The summed E-state index contributed by atoms with van der Waals surface area (Å²) in [6, 6.07) is 6.96. The van der Waals surface area contributed by atoms with Crippen molar-refractivity contribution < 1.29 is 9.84 Å². The third kappa shape index (κ3) is 2.47. The van der Waals surface area contributed by atoms with Gasteiger partial charge in [-0.1, -0.05) is 23.7 Å². The molecule has 0 spiro atoms. The fraction of sp³-hybridized carbons (Fsp3) is 0.600. The molecular formula is C15H20ClNO2. The van der Waals surface area contributed by atoms with E-state index in [0.29, 0.717) is 12.1 Å². The minimum absolute atomic E-state index is 0.116. The molecule has 2 aliphatic heterocycles. The molecule has 0 aliphatic carbocycles. The summed E-state index contributed by atoms with van der Waals surface area (Å²) in [5, 5.41) is 10.6. The number of piperidine rings is 1. The standard InChI is InChI=1S/C15H20ClNO2/c1-19-14-4-2-3-10(15(14)16)9-17-11-5-6-12(17)8-13(18)7-11/h2-4,11-13,18H,5-9H2,1H3. The number of fused-ring (bicyclic) bond motifs is 2. The third-order valence-corrected chi connectivity index (χ3v) is 4.90. The van der Waals surface area contributed by atoms with Gasteiger partial charge >= 0.3 is 0 Å². The lowest BCUT2D eigenvalue weighted by molar-refractivity contribution is 0.0310. The van der Waals surface area contributed by atoms with Gasteiger partial charge in [0.05, 0.1) is 18.2 Å². The zero-order chi connectivity index (χ0) is 13.4. The second-order valence-electron chi connectivity index (χ2n) is 5.62. The maximum atomic E-state index is 9.84. The average molecular weight is 282 g/mol. The molecule has 1 N–H and O–H groups in total. The van der Waals surface area contributed by atoms with E-state index in [1.54, 1.807) is 7.11 Å². The Morgan fingerprint density at radius 3 is 2.63 bits per heavy atom. The van der Waals surface area contributed by atoms with E-state index in [2.05, 4.69) is 11.0 Å². The van der Waals surface area contributed by atoms with Crippen molar-refractivity contribution in [3.63, 3.8) is 0 Å². The van der Waals surface area contributed by atoms with Crippen LogP contribution in [0.5, 0.6) is 5.75 Å². The molecule has 3 nitrogen and oxygen atoms in total. The van der Waals surface area contributed by atoms with Crippen LogP contribution in [0.15, 0.2) is 18.2 Å². The zero-order valence-corrected chi connectivity index (χ0v) is 11.9. The highest BCUT2D eigenvalue weighted by molar-refractivity contribution is 6.32. The average Bonchev–Trinajstić information content (AvgIpc) is 2.64. The van der Waals surface area contributed by atoms with Crippen LogP contribution in [-0.4, -0.2) is 35.3 Å². The van der Waals surface area contributed by atoms with Crippen LogP contribution in [0.4, 0.5) is 0 Å². The lowest BCUT2D eigenvalue weighted by atomic mass is 9.99. The number of halogens is 1. The maximum absolute atomic E-state index is 9.84. The van der Waals surface area contributed by atoms with Crippen LogP contribution < -0.4 is 4.74 Å². The van der Waals surface area contributed by atoms with Crippen LogP contribution in [0.3, 0.4) is 0 Å². The predicted octanol–water partition coefficient (Wildman–Crippen LogP) is 2.84. The number of benzene rings is 1. The number of hydrogen-bond acceptors (Lipinski definition) is 3. The Kier molecular flexibility index (Phi) is 3.70. The van der Waals surface area contributed by atoms with Crippen molar-refractivity contribution in [2.75, 3.05) is 7.11 Å². The van der Waals surface area contributed by atoms with Crippen LogP contribution in [-0.2, 0) is 6.54 Å². The van der Waals surface area contributed by atoms with Gasteiger partial charge in [0.15, 0.2) is 0 Å². The van der Waals surface area contributed by atoms with Gasteiger partial charge in [-0.3, -0.25) is 4.90 Å². The zero-order valence-electron chi connectivity index (χ0n) is 11.2. The quantitative estimate of drug-likeness (QED) is 0.925. The first-order chi connectivity index (χ1) is 9.19. The molecule has 1 aromatic rings. The summed E-state index contributed by atoms with van der Waals surface area (Å²) in [5.74, 6) is 0.739. The van der Waals surface area contributed by atoms with Gasteiger partial charge in [0, 0.05) is 18.6 Å². The summed E-state index contributed by atoms with van der Waals surface area (Å²) in [6.45, 7) is 0.859. The number of hydrogen-bond donors (Lipinski definition) is 1. The van der Waals surface area contributed by atoms with Gasteiger partial charge in [-0.25, -0.2) is 0 Å². The first kappa shape index (κ1) is 13.2. The summed E-state index contributed by atoms with van der Waals surface area (Å²) in [4.78, 5) is 2.51. The number of ether oxygens (including phenoxy) is 1. The van der Waals surface area contributed by atoms with Crippen molar-refractivity contribution >= 4 is 11.6 Å². The van der Waals surface area contributed by atoms with Crippen molar-refractivity contribution in [2.45, 2.75) is 50.4 Å². The minimum Gasteiger partial charge on any atom is -0.495 e. The molecule has 2 heterocycles. The van der Waals surface area contributed by atoms with Crippen molar-refractivity contribution in [1.29, 1.82) is 0 Å². The van der Waals surface area contributed by atoms with E-state index in [1.807, 2.05) is 12.1 Å². The monoisotopic (exact) mass is 281 g/mol. The van der Waals surface area contributed by atoms with Gasteiger partial charge in [-0.05, 0) is 37.3 Å². The van der Waals surface area contributed by atoms with Crippen LogP contribution in [0.2, 0.25) is 5.02 Å². The molecule has 2 fully saturated rings. The van der Waals surface area contributed by atoms with E-state index in [1.165, 1.54) is 12.8 Å². The Hall–Kier alpha value is -0.770. The Morgan fingerprint density at radius 2 is 2.00 bits per heavy atom. The van der Waals surface area contributed by atoms with Gasteiger partial charge in [0.1, 0.15) is 5.75 Å². The Labute approximate surface area is 119 Å². The Bertz CT molecular complexity index is 451. The molecule has 0 amide bonds. The SMILES string of the molecule is COc1cccc(CN2C3CCC2CC(O)C3)c1Cl. The molecule has 2 unspecified atom stereocenters. The largest absolute Gasteiger partial charge is 0.495 e. The topological polar surface area (TPSA) is 32.7 Å². The number of nitrogens with zero attached hydrogens (tertiary/aromatic N) is 1. The summed E-state index contributed by atoms with van der Waals surface area (Å²) < 4.78 is 5.27. The predicted molar refractivity (Wildman–Crippen MR) is 75.6 cm³/mol. The first-order valence-corrected chi connectivity index (χ1v) is 7.32. The molecule has 2 bridgehead atoms. The van der Waals surface area contributed by atoms with E-state index in [4.69, 9.17) is 16.3 Å². The molecular weight excluding hydrogens is 262 g/mol. The summed E-state index contributed by atoms with van der Waals surface area (Å²) >= 11 is 6.37. The van der Waals surface area contributed by atoms with E-state index in [9.17, 15) is 5.11 Å². The number of rotatable bonds is 3. The number of aliphatic hydroxyl groups is 1. The normalized spacial score (nSPS) is 30.6. The maximum Gasteiger partial charge on any atom is 0.137 e. The van der Waals surface area contributed by atoms with Crippen molar-refractivity contribution in [3.05, 3.63) is 28.8 Å². The fourth-order valence-corrected chi connectivity index (χ4v) is 3.80. The highest BCUT2D eigenvalue weighted by Gasteiger charge is 2.40. The van der Waals surface area contributed by atoms with Gasteiger partial charge < -0.3 is 9.84 Å². The number of aliphatic hydroxyl groups excluding tert-OH is 1. The Morgan fingerprint density at radius 1 is 1.32 bits per heavy atom. The molecule has 2 saturated heterocycles. The molecule has 1 aromatic carbocycles. The lowest BCUT2D eigenvalue weighted by Gasteiger charge is -2.37. The second-order valence-corrected chi connectivity index (χ2v) is 5.99. The minimum atomic E-state index is -0.116. The molecule has 0 aromatic heterocycles. The Balaban J connectivity index is 1.79. The third-order valence-electron chi connectivity index (χ3n) is 4.48. The second kappa shape index (κ2) is 5.31. The molecule has 19 heavy (non-hydrogen) atoms. The van der Waals surface area contributed by atoms with Crippen molar-refractivity contribution in [1.82, 2.24) is 4.90 Å². The molecule has 4 heteroatoms. The highest BCUT2D eigenvalue weighted by atomic mass is 35.5. The molecule has 2 aliphatic rings. The smallest absolute Gasteiger partial charge is 0.137 e. The van der Waals surface area contributed by atoms with Crippen LogP contribution >= 0.6 is 11.6 Å². The van der Waals surface area contributed by atoms with Crippen molar-refractivity contribution in [3.8, 4) is 5.75 Å². The molecule has 2 atom stereocenters. The fourth-order valence-electron chi connectivity index (χ4n) is 3.54. The number of methoxy groups -OCH3 is 1. The molecule has 104 valence electrons. The summed E-state index contributed by atoms with van der Waals surface area (Å²) in [7, 11) is 1.64. The first-order valence-electron chi connectivity index (χ1n) is 6.94. The molecule has 3 rings (SSSR count). The van der Waals surface area contributed by atoms with Gasteiger partial charge in [-0.15, -0.1) is 0 Å². The van der Waals surface area contributed by atoms with Crippen LogP contribution in [0.25, 0.3) is 0 Å². The summed E-state index contributed by atoms with van der Waals surface area (Å²) in [5.41, 5.74) is 1.12. The van der Waals surface area contributed by atoms with Crippen molar-refractivity contribution in [2.24, 2.45) is 0 Å². The molecule has 0 saturated carbocycles. The van der Waals surface area contributed by atoms with Crippen LogP contribution in [0.1, 0.15) is 31.2 Å². The van der Waals surface area contributed by atoms with E-state index in [-0.39, 0.29) is 6.10 Å². The lowest BCUT2D eigenvalue weighted by Crippen LogP contribution is -2.44.